The number of hydrogen-bond acceptors (Lipinski definition) is 5. The fourth-order valence-corrected chi connectivity index (χ4v) is 4.80. The highest BCUT2D eigenvalue weighted by atomic mass is 16.2. The first-order valence-corrected chi connectivity index (χ1v) is 10.9. The predicted molar refractivity (Wildman–Crippen MR) is 122 cm³/mol. The van der Waals surface area contributed by atoms with Crippen LogP contribution in [0.25, 0.3) is 0 Å². The fourth-order valence-electron chi connectivity index (χ4n) is 4.80. The van der Waals surface area contributed by atoms with E-state index in [0.29, 0.717) is 18.8 Å². The normalized spacial score (nSPS) is 22.2. The molecule has 1 aliphatic rings. The molecule has 2 amide bonds. The van der Waals surface area contributed by atoms with Gasteiger partial charge in [-0.05, 0) is 56.2 Å². The number of hydrogen-bond donors (Lipinski definition) is 3. The van der Waals surface area contributed by atoms with Crippen LogP contribution in [0.15, 0.2) is 42.5 Å². The number of rotatable bonds is 8. The molecule has 0 radical (unpaired) electrons. The zero-order valence-electron chi connectivity index (χ0n) is 18.5. The zero-order valence-corrected chi connectivity index (χ0v) is 18.5. The number of carbonyl (C=O) groups is 2. The first-order valence-electron chi connectivity index (χ1n) is 10.9. The van der Waals surface area contributed by atoms with Crippen LogP contribution in [0.5, 0.6) is 0 Å². The van der Waals surface area contributed by atoms with Crippen LogP contribution < -0.4 is 16.8 Å². The maximum absolute atomic E-state index is 13.0. The number of pyridine rings is 1. The maximum Gasteiger partial charge on any atom is 0.237 e. The Morgan fingerprint density at radius 3 is 2.55 bits per heavy atom. The van der Waals surface area contributed by atoms with Gasteiger partial charge in [-0.2, -0.15) is 0 Å². The zero-order chi connectivity index (χ0) is 22.5. The Morgan fingerprint density at radius 1 is 1.23 bits per heavy atom. The third-order valence-electron chi connectivity index (χ3n) is 6.40. The van der Waals surface area contributed by atoms with Gasteiger partial charge in [-0.15, -0.1) is 0 Å². The van der Waals surface area contributed by atoms with Crippen molar-refractivity contribution >= 4 is 17.6 Å². The van der Waals surface area contributed by atoms with Gasteiger partial charge in [0.2, 0.25) is 11.8 Å². The van der Waals surface area contributed by atoms with Crippen molar-refractivity contribution in [2.75, 3.05) is 5.73 Å². The van der Waals surface area contributed by atoms with Crippen molar-refractivity contribution in [3.8, 4) is 0 Å². The van der Waals surface area contributed by atoms with E-state index in [9.17, 15) is 9.59 Å². The second-order valence-electron chi connectivity index (χ2n) is 8.40. The van der Waals surface area contributed by atoms with E-state index in [0.717, 1.165) is 24.1 Å². The molecule has 1 aliphatic heterocycles. The summed E-state index contributed by atoms with van der Waals surface area (Å²) in [6.45, 7) is 6.19. The largest absolute Gasteiger partial charge is 0.384 e. The van der Waals surface area contributed by atoms with Crippen molar-refractivity contribution in [3.05, 3.63) is 59.3 Å². The van der Waals surface area contributed by atoms with Crippen molar-refractivity contribution < 1.29 is 9.59 Å². The quantitative estimate of drug-likeness (QED) is 0.602. The maximum atomic E-state index is 13.0. The van der Waals surface area contributed by atoms with Gasteiger partial charge in [0.25, 0.3) is 0 Å². The van der Waals surface area contributed by atoms with Crippen molar-refractivity contribution in [1.82, 2.24) is 15.2 Å². The van der Waals surface area contributed by atoms with Crippen LogP contribution in [0.4, 0.5) is 5.82 Å². The van der Waals surface area contributed by atoms with E-state index < -0.39 is 12.1 Å². The molecule has 0 aliphatic carbocycles. The van der Waals surface area contributed by atoms with Crippen LogP contribution in [-0.2, 0) is 22.6 Å². The van der Waals surface area contributed by atoms with Crippen LogP contribution in [0.3, 0.4) is 0 Å². The van der Waals surface area contributed by atoms with Gasteiger partial charge in [-0.25, -0.2) is 4.98 Å². The summed E-state index contributed by atoms with van der Waals surface area (Å²) >= 11 is 0. The lowest BCUT2D eigenvalue weighted by molar-refractivity contribution is -0.130. The third-order valence-corrected chi connectivity index (χ3v) is 6.40. The van der Waals surface area contributed by atoms with E-state index in [1.54, 1.807) is 6.07 Å². The molecule has 1 saturated heterocycles. The minimum absolute atomic E-state index is 0.110. The molecule has 2 heterocycles. The van der Waals surface area contributed by atoms with Crippen molar-refractivity contribution in [3.63, 3.8) is 0 Å². The minimum Gasteiger partial charge on any atom is -0.384 e. The number of nitrogens with one attached hydrogen (secondary N) is 1. The lowest BCUT2D eigenvalue weighted by Crippen LogP contribution is -2.54. The number of aromatic nitrogens is 1. The summed E-state index contributed by atoms with van der Waals surface area (Å²) in [5.41, 5.74) is 14.4. The van der Waals surface area contributed by atoms with Crippen LogP contribution in [0, 0.1) is 12.8 Å². The lowest BCUT2D eigenvalue weighted by atomic mass is 9.90. The smallest absolute Gasteiger partial charge is 0.237 e. The molecule has 1 aromatic heterocycles. The number of aryl methyl sites for hydroxylation is 1. The topological polar surface area (TPSA) is 114 Å². The number of nitrogen functional groups attached to an aromatic ring is 1. The Labute approximate surface area is 184 Å². The highest BCUT2D eigenvalue weighted by molar-refractivity contribution is 5.84. The molecular weight excluding hydrogens is 390 g/mol. The Balaban J connectivity index is 1.73. The minimum atomic E-state index is -0.467. The molecule has 5 N–H and O–H groups in total. The molecule has 1 fully saturated rings. The molecule has 3 rings (SSSR count). The molecule has 0 bridgehead atoms. The summed E-state index contributed by atoms with van der Waals surface area (Å²) in [7, 11) is 0. The molecule has 166 valence electrons. The van der Waals surface area contributed by atoms with Gasteiger partial charge in [0.1, 0.15) is 5.82 Å². The van der Waals surface area contributed by atoms with E-state index in [2.05, 4.69) is 29.4 Å². The van der Waals surface area contributed by atoms with Gasteiger partial charge in [0, 0.05) is 18.3 Å². The number of amides is 2. The molecule has 4 atom stereocenters. The van der Waals surface area contributed by atoms with E-state index in [4.69, 9.17) is 11.5 Å². The van der Waals surface area contributed by atoms with E-state index in [-0.39, 0.29) is 23.8 Å². The molecule has 2 aromatic rings. The summed E-state index contributed by atoms with van der Waals surface area (Å²) in [4.78, 5) is 31.6. The molecule has 1 aromatic carbocycles. The lowest BCUT2D eigenvalue weighted by Gasteiger charge is -2.34. The average Bonchev–Trinajstić information content (AvgIpc) is 3.11. The second kappa shape index (κ2) is 9.92. The van der Waals surface area contributed by atoms with Crippen molar-refractivity contribution in [1.29, 1.82) is 0 Å². The summed E-state index contributed by atoms with van der Waals surface area (Å²) < 4.78 is 0. The average molecular weight is 424 g/mol. The number of anilines is 1. The predicted octanol–water partition coefficient (Wildman–Crippen LogP) is 2.17. The molecule has 7 heteroatoms. The number of primary amides is 1. The van der Waals surface area contributed by atoms with Crippen molar-refractivity contribution in [2.24, 2.45) is 11.7 Å². The van der Waals surface area contributed by atoms with Gasteiger partial charge in [-0.1, -0.05) is 43.3 Å². The number of nitrogens with two attached hydrogens (primary N) is 2. The number of likely N-dealkylation sites (tertiary alicyclic amines) is 1. The fraction of sp³-hybridized carbons (Fsp3) is 0.458. The van der Waals surface area contributed by atoms with E-state index in [1.165, 1.54) is 5.56 Å². The molecule has 31 heavy (non-hydrogen) atoms. The first kappa shape index (κ1) is 22.7. The van der Waals surface area contributed by atoms with E-state index >= 15 is 0 Å². The third kappa shape index (κ3) is 5.22. The monoisotopic (exact) mass is 423 g/mol. The van der Waals surface area contributed by atoms with Gasteiger partial charge in [0.05, 0.1) is 12.1 Å². The summed E-state index contributed by atoms with van der Waals surface area (Å²) in [6.07, 6.45) is 2.38. The molecular formula is C24H33N5O2. The molecule has 0 spiro atoms. The second-order valence-corrected chi connectivity index (χ2v) is 8.40. The number of benzene rings is 1. The Hall–Kier alpha value is -2.93. The SMILES string of the molecule is CCC1C(Cc2ccccc2)CC(C(N)=O)N1[C@@H](C)C(=O)NCc1ccc(N)nc1C. The van der Waals surface area contributed by atoms with E-state index in [1.807, 2.05) is 43.0 Å². The van der Waals surface area contributed by atoms with Gasteiger partial charge in [-0.3, -0.25) is 14.5 Å². The summed E-state index contributed by atoms with van der Waals surface area (Å²) in [6, 6.07) is 13.1. The standard InChI is InChI=1S/C24H33N5O2/c1-4-20-19(12-17-8-6-5-7-9-17)13-21(23(26)30)29(20)16(3)24(31)27-14-18-10-11-22(25)28-15(18)2/h5-11,16,19-21H,4,12-14H2,1-3H3,(H2,25,28)(H2,26,30)(H,27,31)/t16-,19?,20?,21?/m0/s1. The Kier molecular flexibility index (Phi) is 7.28. The number of carbonyl (C=O) groups excluding carboxylic acids is 2. The van der Waals surface area contributed by atoms with Gasteiger partial charge >= 0.3 is 0 Å². The highest BCUT2D eigenvalue weighted by Gasteiger charge is 2.46. The Bertz CT molecular complexity index is 917. The van der Waals surface area contributed by atoms with Crippen LogP contribution in [0.2, 0.25) is 0 Å². The highest BCUT2D eigenvalue weighted by Crippen LogP contribution is 2.36. The van der Waals surface area contributed by atoms with Gasteiger partial charge < -0.3 is 16.8 Å². The molecule has 7 nitrogen and oxygen atoms in total. The molecule has 3 unspecified atom stereocenters. The summed E-state index contributed by atoms with van der Waals surface area (Å²) in [5, 5.41) is 2.99. The van der Waals surface area contributed by atoms with Crippen LogP contribution in [-0.4, -0.2) is 39.8 Å². The Morgan fingerprint density at radius 2 is 1.94 bits per heavy atom. The van der Waals surface area contributed by atoms with Crippen LogP contribution in [0.1, 0.15) is 43.5 Å². The first-order chi connectivity index (χ1) is 14.8. The molecule has 0 saturated carbocycles. The number of nitrogens with zero attached hydrogens (tertiary/aromatic N) is 2. The summed E-state index contributed by atoms with van der Waals surface area (Å²) in [5.74, 6) is 0.231. The van der Waals surface area contributed by atoms with Gasteiger partial charge in [0.15, 0.2) is 0 Å². The van der Waals surface area contributed by atoms with Crippen molar-refractivity contribution in [2.45, 2.75) is 64.7 Å². The van der Waals surface area contributed by atoms with Crippen LogP contribution >= 0.6 is 0 Å².